The molecule has 0 spiro atoms. The van der Waals surface area contributed by atoms with Crippen LogP contribution in [-0.2, 0) is 4.84 Å². The fourth-order valence-corrected chi connectivity index (χ4v) is 1.90. The molecule has 6 nitrogen and oxygen atoms in total. The molecule has 0 N–H and O–H groups in total. The summed E-state index contributed by atoms with van der Waals surface area (Å²) in [6.07, 6.45) is 1.83. The van der Waals surface area contributed by atoms with Crippen LogP contribution in [0.5, 0.6) is 23.0 Å². The van der Waals surface area contributed by atoms with E-state index in [1.54, 1.807) is 26.4 Å². The van der Waals surface area contributed by atoms with Gasteiger partial charge < -0.3 is 23.8 Å². The van der Waals surface area contributed by atoms with Gasteiger partial charge in [0.2, 0.25) is 5.75 Å². The first-order valence-corrected chi connectivity index (χ1v) is 8.72. The molecule has 0 aliphatic rings. The Hall–Kier alpha value is -1.41. The molecule has 1 aromatic rings. The van der Waals surface area contributed by atoms with Crippen molar-refractivity contribution in [3.8, 4) is 23.0 Å². The smallest absolute Gasteiger partial charge is 0.203 e. The summed E-state index contributed by atoms with van der Waals surface area (Å²) in [5, 5.41) is 3.84. The SMILES string of the molecule is COc1cc(OCC=C(Br)Br)cc(OC)c1OCCON=C(C)C. The molecule has 0 atom stereocenters. The standard InChI is InChI=1S/C16H21Br2NO5/c1-11(2)19-24-8-7-23-16-13(20-3)9-12(10-14(16)21-4)22-6-5-15(17)18/h5,9-10H,6-8H2,1-4H3. The summed E-state index contributed by atoms with van der Waals surface area (Å²) in [4.78, 5) is 5.10. The molecule has 134 valence electrons. The average molecular weight is 467 g/mol. The van der Waals surface area contributed by atoms with Gasteiger partial charge >= 0.3 is 0 Å². The third-order valence-electron chi connectivity index (χ3n) is 2.59. The Morgan fingerprint density at radius 1 is 1.04 bits per heavy atom. The lowest BCUT2D eigenvalue weighted by atomic mass is 10.2. The maximum Gasteiger partial charge on any atom is 0.203 e. The number of hydrogen-bond donors (Lipinski definition) is 0. The van der Waals surface area contributed by atoms with E-state index >= 15 is 0 Å². The zero-order valence-corrected chi connectivity index (χ0v) is 17.3. The summed E-state index contributed by atoms with van der Waals surface area (Å²) in [5.74, 6) is 2.13. The molecule has 1 rings (SSSR count). The molecule has 0 unspecified atom stereocenters. The number of ether oxygens (including phenoxy) is 4. The molecule has 0 aliphatic heterocycles. The van der Waals surface area contributed by atoms with Crippen LogP contribution in [0.2, 0.25) is 0 Å². The topological polar surface area (TPSA) is 58.5 Å². The third kappa shape index (κ3) is 7.44. The van der Waals surface area contributed by atoms with Crippen molar-refractivity contribution in [1.29, 1.82) is 0 Å². The number of nitrogens with zero attached hydrogens (tertiary/aromatic N) is 1. The summed E-state index contributed by atoms with van der Waals surface area (Å²) in [6.45, 7) is 4.73. The molecule has 0 bridgehead atoms. The largest absolute Gasteiger partial charge is 0.493 e. The Morgan fingerprint density at radius 2 is 1.67 bits per heavy atom. The molecule has 24 heavy (non-hydrogen) atoms. The van der Waals surface area contributed by atoms with Crippen molar-refractivity contribution in [3.05, 3.63) is 21.6 Å². The highest BCUT2D eigenvalue weighted by atomic mass is 79.9. The Labute approximate surface area is 159 Å². The molecule has 0 heterocycles. The summed E-state index contributed by atoms with van der Waals surface area (Å²) in [5.41, 5.74) is 0.843. The zero-order valence-electron chi connectivity index (χ0n) is 14.1. The minimum atomic E-state index is 0.309. The van der Waals surface area contributed by atoms with E-state index in [0.29, 0.717) is 42.8 Å². The van der Waals surface area contributed by atoms with Crippen molar-refractivity contribution in [2.24, 2.45) is 5.16 Å². The van der Waals surface area contributed by atoms with Crippen molar-refractivity contribution in [1.82, 2.24) is 0 Å². The second-order valence-corrected chi connectivity index (χ2v) is 7.45. The number of methoxy groups -OCH3 is 2. The van der Waals surface area contributed by atoms with Crippen molar-refractivity contribution < 1.29 is 23.8 Å². The average Bonchev–Trinajstić information content (AvgIpc) is 2.54. The number of benzene rings is 1. The Balaban J connectivity index is 2.79. The van der Waals surface area contributed by atoms with E-state index < -0.39 is 0 Å². The van der Waals surface area contributed by atoms with Gasteiger partial charge in [-0.3, -0.25) is 0 Å². The van der Waals surface area contributed by atoms with E-state index in [4.69, 9.17) is 23.8 Å². The highest BCUT2D eigenvalue weighted by molar-refractivity contribution is 9.28. The van der Waals surface area contributed by atoms with Crippen LogP contribution in [0, 0.1) is 0 Å². The Kier molecular flexibility index (Phi) is 9.63. The van der Waals surface area contributed by atoms with Crippen LogP contribution in [-0.4, -0.2) is 39.8 Å². The molecular weight excluding hydrogens is 446 g/mol. The minimum Gasteiger partial charge on any atom is -0.493 e. The van der Waals surface area contributed by atoms with Gasteiger partial charge in [-0.2, -0.15) is 0 Å². The second kappa shape index (κ2) is 11.2. The minimum absolute atomic E-state index is 0.309. The molecule has 0 radical (unpaired) electrons. The molecule has 0 saturated heterocycles. The van der Waals surface area contributed by atoms with Gasteiger partial charge in [-0.15, -0.1) is 0 Å². The van der Waals surface area contributed by atoms with Crippen LogP contribution in [0.15, 0.2) is 26.8 Å². The number of rotatable bonds is 10. The van der Waals surface area contributed by atoms with E-state index in [0.717, 1.165) is 9.10 Å². The van der Waals surface area contributed by atoms with Crippen molar-refractivity contribution in [3.63, 3.8) is 0 Å². The number of oxime groups is 1. The molecule has 0 aromatic heterocycles. The fourth-order valence-electron chi connectivity index (χ4n) is 1.64. The van der Waals surface area contributed by atoms with Crippen LogP contribution in [0.3, 0.4) is 0 Å². The van der Waals surface area contributed by atoms with Crippen molar-refractivity contribution in [2.75, 3.05) is 34.0 Å². The Morgan fingerprint density at radius 3 is 2.17 bits per heavy atom. The van der Waals surface area contributed by atoms with Crippen molar-refractivity contribution >= 4 is 37.6 Å². The fraction of sp³-hybridized carbons (Fsp3) is 0.438. The maximum absolute atomic E-state index is 5.70. The normalized spacial score (nSPS) is 9.75. The van der Waals surface area contributed by atoms with Gasteiger partial charge in [0.1, 0.15) is 19.0 Å². The van der Waals surface area contributed by atoms with Crippen LogP contribution >= 0.6 is 31.9 Å². The van der Waals surface area contributed by atoms with E-state index in [2.05, 4.69) is 37.0 Å². The first kappa shape index (κ1) is 20.6. The van der Waals surface area contributed by atoms with Gasteiger partial charge in [0.15, 0.2) is 18.1 Å². The number of halogens is 2. The van der Waals surface area contributed by atoms with Crippen LogP contribution < -0.4 is 18.9 Å². The lowest BCUT2D eigenvalue weighted by molar-refractivity contribution is 0.104. The van der Waals surface area contributed by atoms with Crippen LogP contribution in [0.4, 0.5) is 0 Å². The summed E-state index contributed by atoms with van der Waals surface area (Å²) in [7, 11) is 3.11. The van der Waals surface area contributed by atoms with E-state index in [-0.39, 0.29) is 0 Å². The summed E-state index contributed by atoms with van der Waals surface area (Å²) >= 11 is 6.55. The molecule has 1 aromatic carbocycles. The van der Waals surface area contributed by atoms with Gasteiger partial charge in [0, 0.05) is 12.1 Å². The highest BCUT2D eigenvalue weighted by Crippen LogP contribution is 2.41. The van der Waals surface area contributed by atoms with Crippen molar-refractivity contribution in [2.45, 2.75) is 13.8 Å². The lowest BCUT2D eigenvalue weighted by Gasteiger charge is -2.16. The zero-order chi connectivity index (χ0) is 17.9. The molecule has 0 amide bonds. The highest BCUT2D eigenvalue weighted by Gasteiger charge is 2.15. The number of hydrogen-bond acceptors (Lipinski definition) is 6. The quantitative estimate of drug-likeness (QED) is 0.288. The first-order chi connectivity index (χ1) is 11.5. The molecule has 8 heteroatoms. The third-order valence-corrected chi connectivity index (χ3v) is 3.24. The van der Waals surface area contributed by atoms with Gasteiger partial charge in [-0.25, -0.2) is 0 Å². The first-order valence-electron chi connectivity index (χ1n) is 7.13. The second-order valence-electron chi connectivity index (χ2n) is 4.68. The lowest BCUT2D eigenvalue weighted by Crippen LogP contribution is -2.07. The van der Waals surface area contributed by atoms with E-state index in [1.807, 2.05) is 19.9 Å². The Bertz CT molecular complexity index is 557. The van der Waals surface area contributed by atoms with Gasteiger partial charge in [0.05, 0.1) is 23.3 Å². The molecule has 0 fully saturated rings. The van der Waals surface area contributed by atoms with Crippen LogP contribution in [0.25, 0.3) is 0 Å². The maximum atomic E-state index is 5.70. The summed E-state index contributed by atoms with van der Waals surface area (Å²) < 4.78 is 22.9. The molecular formula is C16H21Br2NO5. The van der Waals surface area contributed by atoms with Gasteiger partial charge in [0.25, 0.3) is 0 Å². The van der Waals surface area contributed by atoms with E-state index in [1.165, 1.54) is 0 Å². The molecule has 0 aliphatic carbocycles. The summed E-state index contributed by atoms with van der Waals surface area (Å²) in [6, 6.07) is 3.48. The van der Waals surface area contributed by atoms with Crippen LogP contribution in [0.1, 0.15) is 13.8 Å². The van der Waals surface area contributed by atoms with E-state index in [9.17, 15) is 0 Å². The predicted molar refractivity (Wildman–Crippen MR) is 101 cm³/mol. The monoisotopic (exact) mass is 465 g/mol. The van der Waals surface area contributed by atoms with Gasteiger partial charge in [-0.1, -0.05) is 5.16 Å². The predicted octanol–water partition coefficient (Wildman–Crippen LogP) is 4.51. The van der Waals surface area contributed by atoms with Gasteiger partial charge in [-0.05, 0) is 51.8 Å². The molecule has 0 saturated carbocycles.